The molecule has 20 heavy (non-hydrogen) atoms. The van der Waals surface area contributed by atoms with Crippen molar-refractivity contribution in [2.75, 3.05) is 18.4 Å². The number of ether oxygens (including phenoxy) is 1. The molecule has 1 aromatic rings. The highest BCUT2D eigenvalue weighted by Crippen LogP contribution is 2.23. The van der Waals surface area contributed by atoms with E-state index >= 15 is 0 Å². The molecule has 1 aliphatic rings. The quantitative estimate of drug-likeness (QED) is 0.890. The third-order valence-electron chi connectivity index (χ3n) is 2.82. The van der Waals surface area contributed by atoms with Crippen molar-refractivity contribution in [2.45, 2.75) is 32.4 Å². The Labute approximate surface area is 126 Å². The molecule has 2 rings (SSSR count). The van der Waals surface area contributed by atoms with Crippen LogP contribution in [0.5, 0.6) is 0 Å². The number of hydrogen-bond acceptors (Lipinski definition) is 3. The molecule has 0 radical (unpaired) electrons. The third kappa shape index (κ3) is 3.85. The molecule has 1 aliphatic heterocycles. The van der Waals surface area contributed by atoms with Crippen LogP contribution in [-0.2, 0) is 4.74 Å². The van der Waals surface area contributed by atoms with Gasteiger partial charge in [0.05, 0.1) is 10.5 Å². The van der Waals surface area contributed by atoms with Crippen LogP contribution in [-0.4, -0.2) is 35.7 Å². The van der Waals surface area contributed by atoms with E-state index in [1.807, 2.05) is 20.8 Å². The Morgan fingerprint density at radius 2 is 2.10 bits per heavy atom. The number of benzene rings is 1. The first-order valence-electron chi connectivity index (χ1n) is 6.44. The Kier molecular flexibility index (Phi) is 4.22. The summed E-state index contributed by atoms with van der Waals surface area (Å²) in [7, 11) is 0. The van der Waals surface area contributed by atoms with Crippen molar-refractivity contribution in [3.8, 4) is 0 Å². The van der Waals surface area contributed by atoms with Crippen LogP contribution in [0.15, 0.2) is 22.7 Å². The number of hydrogen-bond donors (Lipinski definition) is 1. The van der Waals surface area contributed by atoms with Crippen LogP contribution in [0.2, 0.25) is 0 Å². The fourth-order valence-electron chi connectivity index (χ4n) is 1.87. The number of likely N-dealkylation sites (tertiary alicyclic amines) is 1. The summed E-state index contributed by atoms with van der Waals surface area (Å²) in [6.07, 6.45) is -0.296. The second kappa shape index (κ2) is 5.60. The SMILES string of the molecule is CC(C)(C)OC(=O)N1CC(Nc2ccc(F)c(Br)c2)C1. The Morgan fingerprint density at radius 1 is 1.45 bits per heavy atom. The van der Waals surface area contributed by atoms with Gasteiger partial charge in [0.1, 0.15) is 11.4 Å². The molecule has 1 saturated heterocycles. The first kappa shape index (κ1) is 15.1. The minimum absolute atomic E-state index is 0.167. The van der Waals surface area contributed by atoms with Crippen molar-refractivity contribution < 1.29 is 13.9 Å². The van der Waals surface area contributed by atoms with Gasteiger partial charge in [-0.15, -0.1) is 0 Å². The van der Waals surface area contributed by atoms with E-state index in [0.717, 1.165) is 5.69 Å². The van der Waals surface area contributed by atoms with E-state index in [1.54, 1.807) is 17.0 Å². The van der Waals surface area contributed by atoms with E-state index in [1.165, 1.54) is 6.07 Å². The molecule has 0 aliphatic carbocycles. The third-order valence-corrected chi connectivity index (χ3v) is 3.43. The molecule has 1 aromatic carbocycles. The largest absolute Gasteiger partial charge is 0.444 e. The van der Waals surface area contributed by atoms with Crippen molar-refractivity contribution in [3.05, 3.63) is 28.5 Å². The Bertz CT molecular complexity index is 510. The normalized spacial score (nSPS) is 15.8. The highest BCUT2D eigenvalue weighted by atomic mass is 79.9. The summed E-state index contributed by atoms with van der Waals surface area (Å²) in [6.45, 7) is 6.71. The van der Waals surface area contributed by atoms with Gasteiger partial charge in [0, 0.05) is 18.8 Å². The van der Waals surface area contributed by atoms with Crippen LogP contribution in [0.4, 0.5) is 14.9 Å². The predicted molar refractivity (Wildman–Crippen MR) is 79.3 cm³/mol. The van der Waals surface area contributed by atoms with Gasteiger partial charge in [-0.25, -0.2) is 9.18 Å². The zero-order chi connectivity index (χ0) is 14.9. The number of nitrogens with zero attached hydrogens (tertiary/aromatic N) is 1. The number of carbonyl (C=O) groups is 1. The lowest BCUT2D eigenvalue weighted by atomic mass is 10.1. The fraction of sp³-hybridized carbons (Fsp3) is 0.500. The van der Waals surface area contributed by atoms with Gasteiger partial charge in [-0.2, -0.15) is 0 Å². The molecule has 0 bridgehead atoms. The maximum absolute atomic E-state index is 13.1. The number of carbonyl (C=O) groups excluding carboxylic acids is 1. The summed E-state index contributed by atoms with van der Waals surface area (Å²) in [6, 6.07) is 4.93. The highest BCUT2D eigenvalue weighted by Gasteiger charge is 2.33. The van der Waals surface area contributed by atoms with Gasteiger partial charge in [-0.1, -0.05) is 0 Å². The van der Waals surface area contributed by atoms with E-state index < -0.39 is 5.60 Å². The molecule has 0 unspecified atom stereocenters. The van der Waals surface area contributed by atoms with Gasteiger partial charge in [-0.3, -0.25) is 0 Å². The molecule has 1 fully saturated rings. The number of amides is 1. The summed E-state index contributed by atoms with van der Waals surface area (Å²) in [4.78, 5) is 13.4. The Balaban J connectivity index is 1.82. The van der Waals surface area contributed by atoms with E-state index in [9.17, 15) is 9.18 Å². The lowest BCUT2D eigenvalue weighted by molar-refractivity contribution is 0.0105. The molecule has 0 aromatic heterocycles. The molecule has 4 nitrogen and oxygen atoms in total. The average molecular weight is 345 g/mol. The van der Waals surface area contributed by atoms with Crippen molar-refractivity contribution in [1.29, 1.82) is 0 Å². The van der Waals surface area contributed by atoms with Gasteiger partial charge in [0.2, 0.25) is 0 Å². The highest BCUT2D eigenvalue weighted by molar-refractivity contribution is 9.10. The number of halogens is 2. The van der Waals surface area contributed by atoms with Crippen LogP contribution in [0.3, 0.4) is 0 Å². The summed E-state index contributed by atoms with van der Waals surface area (Å²) in [5.41, 5.74) is 0.351. The van der Waals surface area contributed by atoms with E-state index in [0.29, 0.717) is 17.6 Å². The van der Waals surface area contributed by atoms with Crippen molar-refractivity contribution in [2.24, 2.45) is 0 Å². The van der Waals surface area contributed by atoms with Crippen LogP contribution in [0.25, 0.3) is 0 Å². The molecular formula is C14H18BrFN2O2. The van der Waals surface area contributed by atoms with Gasteiger partial charge in [0.25, 0.3) is 0 Å². The van der Waals surface area contributed by atoms with E-state index in [4.69, 9.17) is 4.74 Å². The van der Waals surface area contributed by atoms with Crippen LogP contribution in [0.1, 0.15) is 20.8 Å². The van der Waals surface area contributed by atoms with Crippen molar-refractivity contribution in [3.63, 3.8) is 0 Å². The van der Waals surface area contributed by atoms with Crippen molar-refractivity contribution >= 4 is 27.7 Å². The van der Waals surface area contributed by atoms with E-state index in [-0.39, 0.29) is 18.0 Å². The fourth-order valence-corrected chi connectivity index (χ4v) is 2.25. The molecule has 1 heterocycles. The summed E-state index contributed by atoms with van der Waals surface area (Å²) < 4.78 is 18.8. The second-order valence-electron chi connectivity index (χ2n) is 5.86. The first-order valence-corrected chi connectivity index (χ1v) is 7.23. The summed E-state index contributed by atoms with van der Waals surface area (Å²) in [5, 5.41) is 3.25. The summed E-state index contributed by atoms with van der Waals surface area (Å²) in [5.74, 6) is -0.292. The number of anilines is 1. The minimum Gasteiger partial charge on any atom is -0.444 e. The Hall–Kier alpha value is -1.30. The molecule has 0 atom stereocenters. The lowest BCUT2D eigenvalue weighted by Gasteiger charge is -2.40. The minimum atomic E-state index is -0.475. The van der Waals surface area contributed by atoms with E-state index in [2.05, 4.69) is 21.2 Å². The zero-order valence-electron chi connectivity index (χ0n) is 11.7. The van der Waals surface area contributed by atoms with Crippen molar-refractivity contribution in [1.82, 2.24) is 4.90 Å². The average Bonchev–Trinajstić information content (AvgIpc) is 2.25. The second-order valence-corrected chi connectivity index (χ2v) is 6.71. The molecule has 1 N–H and O–H groups in total. The van der Waals surface area contributed by atoms with Gasteiger partial charge in [-0.05, 0) is 54.9 Å². The number of rotatable bonds is 2. The van der Waals surface area contributed by atoms with Crippen LogP contribution >= 0.6 is 15.9 Å². The molecule has 110 valence electrons. The topological polar surface area (TPSA) is 41.6 Å². The predicted octanol–water partition coefficient (Wildman–Crippen LogP) is 3.62. The molecule has 0 saturated carbocycles. The number of nitrogens with one attached hydrogen (secondary N) is 1. The molecule has 6 heteroatoms. The monoisotopic (exact) mass is 344 g/mol. The zero-order valence-corrected chi connectivity index (χ0v) is 13.3. The molecular weight excluding hydrogens is 327 g/mol. The Morgan fingerprint density at radius 3 is 2.65 bits per heavy atom. The lowest BCUT2D eigenvalue weighted by Crippen LogP contribution is -2.57. The summed E-state index contributed by atoms with van der Waals surface area (Å²) >= 11 is 3.14. The van der Waals surface area contributed by atoms with Crippen LogP contribution in [0, 0.1) is 5.82 Å². The van der Waals surface area contributed by atoms with Crippen LogP contribution < -0.4 is 5.32 Å². The smallest absolute Gasteiger partial charge is 0.410 e. The maximum Gasteiger partial charge on any atom is 0.410 e. The first-order chi connectivity index (χ1) is 9.24. The molecule has 1 amide bonds. The standard InChI is InChI=1S/C14H18BrFN2O2/c1-14(2,3)20-13(19)18-7-10(8-18)17-9-4-5-12(16)11(15)6-9/h4-6,10,17H,7-8H2,1-3H3. The van der Waals surface area contributed by atoms with Gasteiger partial charge >= 0.3 is 6.09 Å². The van der Waals surface area contributed by atoms with Gasteiger partial charge < -0.3 is 15.0 Å². The van der Waals surface area contributed by atoms with Gasteiger partial charge in [0.15, 0.2) is 0 Å². The maximum atomic E-state index is 13.1. The molecule has 0 spiro atoms.